The molecule has 1 aromatic carbocycles. The Labute approximate surface area is 133 Å². The molecular formula is C18H27NOS. The predicted octanol–water partition coefficient (Wildman–Crippen LogP) is 4.46. The number of hydrogen-bond donors (Lipinski definition) is 1. The largest absolute Gasteiger partial charge is 0.353 e. The number of hydrogen-bond acceptors (Lipinski definition) is 2. The first-order valence-electron chi connectivity index (χ1n) is 8.17. The molecule has 2 rings (SSSR count). The van der Waals surface area contributed by atoms with Crippen molar-refractivity contribution < 1.29 is 4.79 Å². The van der Waals surface area contributed by atoms with Crippen molar-refractivity contribution in [2.45, 2.75) is 63.7 Å². The van der Waals surface area contributed by atoms with E-state index in [4.69, 9.17) is 0 Å². The van der Waals surface area contributed by atoms with E-state index in [0.29, 0.717) is 11.8 Å². The third-order valence-electron chi connectivity index (χ3n) is 4.05. The van der Waals surface area contributed by atoms with Crippen molar-refractivity contribution in [1.29, 1.82) is 0 Å². The van der Waals surface area contributed by atoms with Crippen molar-refractivity contribution >= 4 is 17.7 Å². The number of carbonyl (C=O) groups is 1. The zero-order chi connectivity index (χ0) is 14.9. The van der Waals surface area contributed by atoms with Gasteiger partial charge in [-0.2, -0.15) is 0 Å². The highest BCUT2D eigenvalue weighted by atomic mass is 32.2. The van der Waals surface area contributed by atoms with E-state index >= 15 is 0 Å². The minimum atomic E-state index is 0.207. The number of rotatable bonds is 5. The van der Waals surface area contributed by atoms with Crippen LogP contribution in [0.25, 0.3) is 0 Å². The Morgan fingerprint density at radius 2 is 1.90 bits per heavy atom. The van der Waals surface area contributed by atoms with Crippen LogP contribution in [0.2, 0.25) is 0 Å². The van der Waals surface area contributed by atoms with Gasteiger partial charge in [-0.05, 0) is 25.3 Å². The third-order valence-corrected chi connectivity index (χ3v) is 5.06. The second-order valence-corrected chi connectivity index (χ2v) is 7.08. The molecule has 0 atom stereocenters. The minimum absolute atomic E-state index is 0.207. The van der Waals surface area contributed by atoms with Gasteiger partial charge in [0.1, 0.15) is 0 Å². The van der Waals surface area contributed by atoms with E-state index in [-0.39, 0.29) is 5.91 Å². The van der Waals surface area contributed by atoms with E-state index in [0.717, 1.165) is 18.6 Å². The fourth-order valence-corrected chi connectivity index (χ4v) is 3.72. The molecule has 0 radical (unpaired) electrons. The van der Waals surface area contributed by atoms with Crippen LogP contribution in [0.4, 0.5) is 0 Å². The summed E-state index contributed by atoms with van der Waals surface area (Å²) in [6, 6.07) is 8.93. The molecule has 3 heteroatoms. The maximum absolute atomic E-state index is 12.0. The lowest BCUT2D eigenvalue weighted by Gasteiger charge is -2.20. The Morgan fingerprint density at radius 1 is 1.19 bits per heavy atom. The lowest BCUT2D eigenvalue weighted by Crippen LogP contribution is -2.36. The summed E-state index contributed by atoms with van der Waals surface area (Å²) in [6.45, 7) is 2.11. The van der Waals surface area contributed by atoms with Crippen LogP contribution in [0.1, 0.15) is 56.1 Å². The molecule has 0 spiro atoms. The average molecular weight is 305 g/mol. The van der Waals surface area contributed by atoms with Crippen LogP contribution in [-0.2, 0) is 10.5 Å². The number of aryl methyl sites for hydroxylation is 1. The molecule has 1 amide bonds. The second kappa shape index (κ2) is 9.14. The Balaban J connectivity index is 1.66. The summed E-state index contributed by atoms with van der Waals surface area (Å²) in [7, 11) is 0. The van der Waals surface area contributed by atoms with E-state index in [2.05, 4.69) is 36.5 Å². The molecule has 2 nitrogen and oxygen atoms in total. The van der Waals surface area contributed by atoms with Crippen LogP contribution in [0.5, 0.6) is 0 Å². The van der Waals surface area contributed by atoms with Gasteiger partial charge in [-0.25, -0.2) is 0 Å². The van der Waals surface area contributed by atoms with Gasteiger partial charge in [-0.1, -0.05) is 61.9 Å². The molecule has 0 saturated heterocycles. The Hall–Kier alpha value is -0.960. The summed E-state index contributed by atoms with van der Waals surface area (Å²) in [6.07, 6.45) is 8.88. The van der Waals surface area contributed by atoms with Crippen LogP contribution < -0.4 is 5.32 Å². The van der Waals surface area contributed by atoms with Gasteiger partial charge >= 0.3 is 0 Å². The fraction of sp³-hybridized carbons (Fsp3) is 0.611. The first-order chi connectivity index (χ1) is 10.2. The maximum atomic E-state index is 12.0. The van der Waals surface area contributed by atoms with E-state index < -0.39 is 0 Å². The molecule has 0 unspecified atom stereocenters. The minimum Gasteiger partial charge on any atom is -0.353 e. The molecule has 1 aliphatic carbocycles. The quantitative estimate of drug-likeness (QED) is 0.870. The molecule has 1 aromatic rings. The van der Waals surface area contributed by atoms with Crippen LogP contribution in [0, 0.1) is 6.92 Å². The molecule has 0 heterocycles. The van der Waals surface area contributed by atoms with Crippen LogP contribution in [0.15, 0.2) is 24.3 Å². The van der Waals surface area contributed by atoms with E-state index in [1.807, 2.05) is 0 Å². The smallest absolute Gasteiger partial charge is 0.230 e. The van der Waals surface area contributed by atoms with Crippen molar-refractivity contribution in [3.05, 3.63) is 35.4 Å². The number of benzene rings is 1. The van der Waals surface area contributed by atoms with Crippen LogP contribution in [0.3, 0.4) is 0 Å². The predicted molar refractivity (Wildman–Crippen MR) is 91.6 cm³/mol. The molecule has 0 aliphatic heterocycles. The second-order valence-electron chi connectivity index (χ2n) is 6.09. The van der Waals surface area contributed by atoms with Gasteiger partial charge in [-0.15, -0.1) is 11.8 Å². The van der Waals surface area contributed by atoms with Crippen molar-refractivity contribution in [3.63, 3.8) is 0 Å². The van der Waals surface area contributed by atoms with Crippen molar-refractivity contribution in [3.8, 4) is 0 Å². The van der Waals surface area contributed by atoms with Gasteiger partial charge in [0.15, 0.2) is 0 Å². The maximum Gasteiger partial charge on any atom is 0.230 e. The van der Waals surface area contributed by atoms with Gasteiger partial charge in [-0.3, -0.25) is 4.79 Å². The number of amides is 1. The van der Waals surface area contributed by atoms with Crippen LogP contribution >= 0.6 is 11.8 Å². The van der Waals surface area contributed by atoms with Crippen molar-refractivity contribution in [2.24, 2.45) is 0 Å². The van der Waals surface area contributed by atoms with Gasteiger partial charge in [0, 0.05) is 11.8 Å². The third kappa shape index (κ3) is 6.56. The first-order valence-corrected chi connectivity index (χ1v) is 9.32. The van der Waals surface area contributed by atoms with E-state index in [1.165, 1.54) is 43.2 Å². The molecule has 1 N–H and O–H groups in total. The van der Waals surface area contributed by atoms with Gasteiger partial charge in [0.25, 0.3) is 0 Å². The molecule has 21 heavy (non-hydrogen) atoms. The molecule has 1 aliphatic rings. The molecule has 0 aromatic heterocycles. The highest BCUT2D eigenvalue weighted by Crippen LogP contribution is 2.18. The molecule has 116 valence electrons. The summed E-state index contributed by atoms with van der Waals surface area (Å²) in [4.78, 5) is 12.0. The zero-order valence-electron chi connectivity index (χ0n) is 13.1. The molecule has 1 fully saturated rings. The molecule has 1 saturated carbocycles. The number of carbonyl (C=O) groups excluding carboxylic acids is 1. The summed E-state index contributed by atoms with van der Waals surface area (Å²) < 4.78 is 0. The first kappa shape index (κ1) is 16.4. The molecular weight excluding hydrogens is 278 g/mol. The lowest BCUT2D eigenvalue weighted by atomic mass is 9.97. The standard InChI is InChI=1S/C18H27NOS/c1-15-8-7-9-16(12-15)13-21-14-18(20)19-17-10-5-3-2-4-6-11-17/h7-9,12,17H,2-6,10-11,13-14H2,1H3,(H,19,20). The van der Waals surface area contributed by atoms with Crippen molar-refractivity contribution in [2.75, 3.05) is 5.75 Å². The van der Waals surface area contributed by atoms with Crippen molar-refractivity contribution in [1.82, 2.24) is 5.32 Å². The lowest BCUT2D eigenvalue weighted by molar-refractivity contribution is -0.119. The summed E-state index contributed by atoms with van der Waals surface area (Å²) in [5, 5.41) is 3.22. The SMILES string of the molecule is Cc1cccc(CSCC(=O)NC2CCCCCCC2)c1. The van der Waals surface area contributed by atoms with E-state index in [1.54, 1.807) is 11.8 Å². The molecule has 0 bridgehead atoms. The Bertz CT molecular complexity index is 439. The monoisotopic (exact) mass is 305 g/mol. The summed E-state index contributed by atoms with van der Waals surface area (Å²) in [5.74, 6) is 1.70. The van der Waals surface area contributed by atoms with Gasteiger partial charge < -0.3 is 5.32 Å². The average Bonchev–Trinajstić information content (AvgIpc) is 2.42. The topological polar surface area (TPSA) is 29.1 Å². The zero-order valence-corrected chi connectivity index (χ0v) is 13.9. The normalized spacial score (nSPS) is 17.0. The highest BCUT2D eigenvalue weighted by Gasteiger charge is 2.13. The van der Waals surface area contributed by atoms with Gasteiger partial charge in [0.2, 0.25) is 5.91 Å². The van der Waals surface area contributed by atoms with Crippen LogP contribution in [-0.4, -0.2) is 17.7 Å². The fourth-order valence-electron chi connectivity index (χ4n) is 2.93. The Kier molecular flexibility index (Phi) is 7.14. The number of nitrogens with one attached hydrogen (secondary N) is 1. The summed E-state index contributed by atoms with van der Waals surface area (Å²) in [5.41, 5.74) is 2.59. The van der Waals surface area contributed by atoms with Gasteiger partial charge in [0.05, 0.1) is 5.75 Å². The number of thioether (sulfide) groups is 1. The summed E-state index contributed by atoms with van der Waals surface area (Å²) >= 11 is 1.71. The Morgan fingerprint density at radius 3 is 2.62 bits per heavy atom. The van der Waals surface area contributed by atoms with E-state index in [9.17, 15) is 4.79 Å². The highest BCUT2D eigenvalue weighted by molar-refractivity contribution is 7.99.